The van der Waals surface area contributed by atoms with Crippen LogP contribution < -0.4 is 5.43 Å². The Morgan fingerprint density at radius 3 is 2.95 bits per heavy atom. The van der Waals surface area contributed by atoms with E-state index in [1.54, 1.807) is 12.5 Å². The zero-order valence-corrected chi connectivity index (χ0v) is 11.5. The van der Waals surface area contributed by atoms with Gasteiger partial charge in [-0.1, -0.05) is 0 Å². The Labute approximate surface area is 117 Å². The quantitative estimate of drug-likeness (QED) is 0.670. The molecule has 0 aliphatic heterocycles. The van der Waals surface area contributed by atoms with E-state index in [9.17, 15) is 4.79 Å². The lowest BCUT2D eigenvalue weighted by Gasteiger charge is -2.01. The van der Waals surface area contributed by atoms with Crippen LogP contribution in [0, 0.1) is 0 Å². The van der Waals surface area contributed by atoms with Crippen LogP contribution in [0.25, 0.3) is 6.08 Å². The van der Waals surface area contributed by atoms with Crippen molar-refractivity contribution in [2.24, 2.45) is 12.1 Å². The Kier molecular flexibility index (Phi) is 4.55. The number of aromatic nitrogens is 1. The van der Waals surface area contributed by atoms with Crippen LogP contribution in [-0.2, 0) is 18.3 Å². The minimum Gasteiger partial charge on any atom is -0.465 e. The number of aryl methyl sites for hydroxylation is 1. The first-order chi connectivity index (χ1) is 9.65. The van der Waals surface area contributed by atoms with Gasteiger partial charge in [0.25, 0.3) is 0 Å². The minimum atomic E-state index is -0.145. The van der Waals surface area contributed by atoms with Crippen molar-refractivity contribution in [2.75, 3.05) is 0 Å². The third-order valence-corrected chi connectivity index (χ3v) is 2.76. The molecule has 0 aromatic carbocycles. The third-order valence-electron chi connectivity index (χ3n) is 2.76. The molecule has 2 heterocycles. The van der Waals surface area contributed by atoms with Gasteiger partial charge in [0.15, 0.2) is 0 Å². The van der Waals surface area contributed by atoms with Crippen LogP contribution in [0.3, 0.4) is 0 Å². The molecule has 0 aliphatic rings. The molecule has 2 aromatic rings. The fraction of sp³-hybridized carbons (Fsp3) is 0.200. The topological polar surface area (TPSA) is 59.5 Å². The van der Waals surface area contributed by atoms with Crippen LogP contribution in [0.15, 0.2) is 51.8 Å². The molecule has 0 fully saturated rings. The first-order valence-electron chi connectivity index (χ1n) is 6.29. The SMILES string of the molecule is CC(/C=N\NC(=O)Cc1cccn1C)=C/c1ccco1. The summed E-state index contributed by atoms with van der Waals surface area (Å²) in [6.07, 6.45) is 7.25. The van der Waals surface area contributed by atoms with E-state index in [2.05, 4.69) is 10.5 Å². The molecule has 0 aliphatic carbocycles. The second-order valence-corrected chi connectivity index (χ2v) is 4.48. The number of nitrogens with zero attached hydrogens (tertiary/aromatic N) is 2. The summed E-state index contributed by atoms with van der Waals surface area (Å²) in [6.45, 7) is 1.88. The molecule has 2 aromatic heterocycles. The zero-order chi connectivity index (χ0) is 14.4. The summed E-state index contributed by atoms with van der Waals surface area (Å²) >= 11 is 0. The van der Waals surface area contributed by atoms with E-state index in [1.807, 2.05) is 55.1 Å². The maximum atomic E-state index is 11.7. The van der Waals surface area contributed by atoms with Crippen molar-refractivity contribution >= 4 is 18.2 Å². The first kappa shape index (κ1) is 13.9. The lowest BCUT2D eigenvalue weighted by Crippen LogP contribution is -2.20. The summed E-state index contributed by atoms with van der Waals surface area (Å²) in [5, 5.41) is 3.92. The molecule has 0 spiro atoms. The molecule has 0 bridgehead atoms. The van der Waals surface area contributed by atoms with Crippen molar-refractivity contribution in [3.63, 3.8) is 0 Å². The standard InChI is InChI=1S/C15H17N3O2/c1-12(9-14-6-4-8-20-14)11-16-17-15(19)10-13-5-3-7-18(13)2/h3-9,11H,10H2,1-2H3,(H,17,19)/b12-9-,16-11-. The number of allylic oxidation sites excluding steroid dienone is 1. The van der Waals surface area contributed by atoms with E-state index in [-0.39, 0.29) is 5.91 Å². The minimum absolute atomic E-state index is 0.145. The summed E-state index contributed by atoms with van der Waals surface area (Å²) < 4.78 is 7.09. The van der Waals surface area contributed by atoms with Crippen LogP contribution in [0.4, 0.5) is 0 Å². The van der Waals surface area contributed by atoms with Gasteiger partial charge in [0.05, 0.1) is 18.9 Å². The third kappa shape index (κ3) is 3.98. The van der Waals surface area contributed by atoms with Crippen molar-refractivity contribution in [2.45, 2.75) is 13.3 Å². The molecule has 0 atom stereocenters. The zero-order valence-electron chi connectivity index (χ0n) is 11.5. The highest BCUT2D eigenvalue weighted by Gasteiger charge is 2.04. The summed E-state index contributed by atoms with van der Waals surface area (Å²) in [5.41, 5.74) is 4.34. The van der Waals surface area contributed by atoms with Crippen molar-refractivity contribution in [1.29, 1.82) is 0 Å². The average molecular weight is 271 g/mol. The van der Waals surface area contributed by atoms with Crippen LogP contribution in [0.2, 0.25) is 0 Å². The molecular formula is C15H17N3O2. The van der Waals surface area contributed by atoms with Gasteiger partial charge >= 0.3 is 0 Å². The molecule has 2 rings (SSSR count). The van der Waals surface area contributed by atoms with Gasteiger partial charge in [0, 0.05) is 18.9 Å². The highest BCUT2D eigenvalue weighted by atomic mass is 16.3. The number of rotatable bonds is 5. The van der Waals surface area contributed by atoms with E-state index >= 15 is 0 Å². The number of nitrogens with one attached hydrogen (secondary N) is 1. The molecule has 1 N–H and O–H groups in total. The Morgan fingerprint density at radius 1 is 1.45 bits per heavy atom. The monoisotopic (exact) mass is 271 g/mol. The Balaban J connectivity index is 1.84. The molecule has 5 heteroatoms. The van der Waals surface area contributed by atoms with E-state index in [4.69, 9.17) is 4.42 Å². The van der Waals surface area contributed by atoms with E-state index in [0.29, 0.717) is 6.42 Å². The molecule has 5 nitrogen and oxygen atoms in total. The number of carbonyl (C=O) groups excluding carboxylic acids is 1. The van der Waals surface area contributed by atoms with E-state index < -0.39 is 0 Å². The van der Waals surface area contributed by atoms with Crippen LogP contribution in [-0.4, -0.2) is 16.7 Å². The summed E-state index contributed by atoms with van der Waals surface area (Å²) in [4.78, 5) is 11.7. The summed E-state index contributed by atoms with van der Waals surface area (Å²) in [5.74, 6) is 0.609. The predicted octanol–water partition coefficient (Wildman–Crippen LogP) is 2.37. The second kappa shape index (κ2) is 6.56. The molecule has 0 saturated heterocycles. The van der Waals surface area contributed by atoms with Gasteiger partial charge in [0.2, 0.25) is 5.91 Å². The summed E-state index contributed by atoms with van der Waals surface area (Å²) in [6, 6.07) is 7.48. The van der Waals surface area contributed by atoms with Crippen LogP contribution >= 0.6 is 0 Å². The second-order valence-electron chi connectivity index (χ2n) is 4.48. The van der Waals surface area contributed by atoms with Gasteiger partial charge in [-0.05, 0) is 42.8 Å². The van der Waals surface area contributed by atoms with E-state index in [1.165, 1.54) is 0 Å². The molecular weight excluding hydrogens is 254 g/mol. The largest absolute Gasteiger partial charge is 0.465 e. The molecule has 0 unspecified atom stereocenters. The lowest BCUT2D eigenvalue weighted by atomic mass is 10.3. The van der Waals surface area contributed by atoms with Crippen molar-refractivity contribution < 1.29 is 9.21 Å². The van der Waals surface area contributed by atoms with Crippen molar-refractivity contribution in [1.82, 2.24) is 9.99 Å². The van der Waals surface area contributed by atoms with Crippen molar-refractivity contribution in [3.8, 4) is 0 Å². The van der Waals surface area contributed by atoms with Gasteiger partial charge < -0.3 is 8.98 Å². The Hall–Kier alpha value is -2.56. The number of amides is 1. The highest BCUT2D eigenvalue weighted by molar-refractivity contribution is 5.86. The molecule has 1 amide bonds. The fourth-order valence-corrected chi connectivity index (χ4v) is 1.73. The molecule has 0 radical (unpaired) electrons. The van der Waals surface area contributed by atoms with Gasteiger partial charge in [-0.2, -0.15) is 5.10 Å². The summed E-state index contributed by atoms with van der Waals surface area (Å²) in [7, 11) is 1.90. The van der Waals surface area contributed by atoms with Gasteiger partial charge in [-0.15, -0.1) is 0 Å². The molecule has 20 heavy (non-hydrogen) atoms. The van der Waals surface area contributed by atoms with Crippen molar-refractivity contribution in [3.05, 3.63) is 53.8 Å². The number of hydrazone groups is 1. The molecule has 0 saturated carbocycles. The number of hydrogen-bond acceptors (Lipinski definition) is 3. The Bertz CT molecular complexity index is 621. The number of furan rings is 1. The maximum absolute atomic E-state index is 11.7. The average Bonchev–Trinajstić information content (AvgIpc) is 3.02. The maximum Gasteiger partial charge on any atom is 0.245 e. The number of hydrogen-bond donors (Lipinski definition) is 1. The van der Waals surface area contributed by atoms with Crippen LogP contribution in [0.5, 0.6) is 0 Å². The van der Waals surface area contributed by atoms with Crippen LogP contribution in [0.1, 0.15) is 18.4 Å². The predicted molar refractivity (Wildman–Crippen MR) is 78.1 cm³/mol. The lowest BCUT2D eigenvalue weighted by molar-refractivity contribution is -0.120. The highest BCUT2D eigenvalue weighted by Crippen LogP contribution is 2.05. The fourth-order valence-electron chi connectivity index (χ4n) is 1.73. The van der Waals surface area contributed by atoms with Gasteiger partial charge in [-0.3, -0.25) is 4.79 Å². The Morgan fingerprint density at radius 2 is 2.30 bits per heavy atom. The first-order valence-corrected chi connectivity index (χ1v) is 6.29. The van der Waals surface area contributed by atoms with E-state index in [0.717, 1.165) is 17.0 Å². The number of carbonyl (C=O) groups is 1. The van der Waals surface area contributed by atoms with Gasteiger partial charge in [-0.25, -0.2) is 5.43 Å². The van der Waals surface area contributed by atoms with Gasteiger partial charge in [0.1, 0.15) is 5.76 Å². The molecule has 104 valence electrons. The smallest absolute Gasteiger partial charge is 0.245 e. The normalized spacial score (nSPS) is 12.0.